The third-order valence-corrected chi connectivity index (χ3v) is 3.96. The zero-order valence-electron chi connectivity index (χ0n) is 10.7. The summed E-state index contributed by atoms with van der Waals surface area (Å²) in [5.41, 5.74) is 3.15. The van der Waals surface area contributed by atoms with Crippen molar-refractivity contribution >= 4 is 23.2 Å². The minimum absolute atomic E-state index is 0.445. The van der Waals surface area contributed by atoms with Crippen LogP contribution in [0, 0.1) is 6.92 Å². The van der Waals surface area contributed by atoms with E-state index in [1.165, 1.54) is 11.1 Å². The van der Waals surface area contributed by atoms with Crippen molar-refractivity contribution in [2.45, 2.75) is 25.9 Å². The first-order valence-corrected chi connectivity index (χ1v) is 7.01. The molecule has 0 saturated carbocycles. The summed E-state index contributed by atoms with van der Waals surface area (Å²) in [6.45, 7) is 2.06. The summed E-state index contributed by atoms with van der Waals surface area (Å²) in [5.74, 6) is 0. The zero-order valence-corrected chi connectivity index (χ0v) is 12.2. The van der Waals surface area contributed by atoms with Gasteiger partial charge in [0, 0.05) is 5.56 Å². The Labute approximate surface area is 123 Å². The molecule has 0 amide bonds. The molecule has 0 bridgehead atoms. The molecule has 2 aromatic carbocycles. The van der Waals surface area contributed by atoms with Crippen molar-refractivity contribution in [1.82, 2.24) is 0 Å². The SMILES string of the molecule is Cc1cccc(CCC(O)c2cccc(Cl)c2Cl)c1. The van der Waals surface area contributed by atoms with Crippen molar-refractivity contribution in [3.63, 3.8) is 0 Å². The number of hydrogen-bond acceptors (Lipinski definition) is 1. The van der Waals surface area contributed by atoms with Crippen LogP contribution in [0.1, 0.15) is 29.2 Å². The van der Waals surface area contributed by atoms with Crippen LogP contribution in [-0.4, -0.2) is 5.11 Å². The molecule has 2 aromatic rings. The Balaban J connectivity index is 2.05. The highest BCUT2D eigenvalue weighted by atomic mass is 35.5. The molecule has 0 spiro atoms. The van der Waals surface area contributed by atoms with Gasteiger partial charge in [0.25, 0.3) is 0 Å². The number of hydrogen-bond donors (Lipinski definition) is 1. The standard InChI is InChI=1S/C16H16Cl2O/c1-11-4-2-5-12(10-11)8-9-15(19)13-6-3-7-14(17)16(13)18/h2-7,10,15,19H,8-9H2,1H3. The number of halogens is 2. The molecular formula is C16H16Cl2O. The van der Waals surface area contributed by atoms with Crippen molar-refractivity contribution in [1.29, 1.82) is 0 Å². The Morgan fingerprint density at radius 2 is 1.84 bits per heavy atom. The third-order valence-electron chi connectivity index (χ3n) is 3.13. The van der Waals surface area contributed by atoms with Gasteiger partial charge in [-0.2, -0.15) is 0 Å². The summed E-state index contributed by atoms with van der Waals surface area (Å²) in [7, 11) is 0. The van der Waals surface area contributed by atoms with Gasteiger partial charge in [0.2, 0.25) is 0 Å². The van der Waals surface area contributed by atoms with Crippen molar-refractivity contribution < 1.29 is 5.11 Å². The normalized spacial score (nSPS) is 12.4. The highest BCUT2D eigenvalue weighted by molar-refractivity contribution is 6.42. The maximum atomic E-state index is 10.2. The molecule has 1 unspecified atom stereocenters. The predicted molar refractivity (Wildman–Crippen MR) is 80.9 cm³/mol. The summed E-state index contributed by atoms with van der Waals surface area (Å²) in [4.78, 5) is 0. The molecule has 1 N–H and O–H groups in total. The average Bonchev–Trinajstić information content (AvgIpc) is 2.39. The van der Waals surface area contributed by atoms with Crippen molar-refractivity contribution in [2.24, 2.45) is 0 Å². The predicted octanol–water partition coefficient (Wildman–Crippen LogP) is 4.97. The fourth-order valence-electron chi connectivity index (χ4n) is 2.10. The molecular weight excluding hydrogens is 279 g/mol. The van der Waals surface area contributed by atoms with Crippen LogP contribution in [0.15, 0.2) is 42.5 Å². The molecule has 0 radical (unpaired) electrons. The lowest BCUT2D eigenvalue weighted by Crippen LogP contribution is -2.01. The molecule has 0 aromatic heterocycles. The van der Waals surface area contributed by atoms with E-state index in [0.717, 1.165) is 6.42 Å². The van der Waals surface area contributed by atoms with Gasteiger partial charge in [-0.1, -0.05) is 65.2 Å². The summed E-state index contributed by atoms with van der Waals surface area (Å²) >= 11 is 12.1. The van der Waals surface area contributed by atoms with E-state index in [-0.39, 0.29) is 0 Å². The topological polar surface area (TPSA) is 20.2 Å². The van der Waals surface area contributed by atoms with E-state index in [4.69, 9.17) is 23.2 Å². The number of rotatable bonds is 4. The first-order chi connectivity index (χ1) is 9.08. The minimum atomic E-state index is -0.591. The van der Waals surface area contributed by atoms with Gasteiger partial charge in [-0.05, 0) is 31.4 Å². The Morgan fingerprint density at radius 3 is 2.58 bits per heavy atom. The fraction of sp³-hybridized carbons (Fsp3) is 0.250. The van der Waals surface area contributed by atoms with Crippen LogP contribution >= 0.6 is 23.2 Å². The van der Waals surface area contributed by atoms with Gasteiger partial charge in [-0.25, -0.2) is 0 Å². The van der Waals surface area contributed by atoms with Crippen LogP contribution in [0.3, 0.4) is 0 Å². The second-order valence-corrected chi connectivity index (χ2v) is 5.47. The van der Waals surface area contributed by atoms with Gasteiger partial charge in [-0.3, -0.25) is 0 Å². The van der Waals surface area contributed by atoms with Gasteiger partial charge < -0.3 is 5.11 Å². The lowest BCUT2D eigenvalue weighted by Gasteiger charge is -2.13. The molecule has 0 aliphatic carbocycles. The van der Waals surface area contributed by atoms with Crippen LogP contribution in [0.2, 0.25) is 10.0 Å². The number of aryl methyl sites for hydroxylation is 2. The largest absolute Gasteiger partial charge is 0.388 e. The average molecular weight is 295 g/mol. The first kappa shape index (κ1) is 14.4. The van der Waals surface area contributed by atoms with Crippen molar-refractivity contribution in [2.75, 3.05) is 0 Å². The lowest BCUT2D eigenvalue weighted by molar-refractivity contribution is 0.168. The number of aliphatic hydroxyl groups excluding tert-OH is 1. The van der Waals surface area contributed by atoms with E-state index in [0.29, 0.717) is 22.0 Å². The van der Waals surface area contributed by atoms with Crippen LogP contribution < -0.4 is 0 Å². The first-order valence-electron chi connectivity index (χ1n) is 6.25. The Morgan fingerprint density at radius 1 is 1.11 bits per heavy atom. The van der Waals surface area contributed by atoms with Gasteiger partial charge in [0.15, 0.2) is 0 Å². The summed E-state index contributed by atoms with van der Waals surface area (Å²) in [5, 5.41) is 11.1. The van der Waals surface area contributed by atoms with E-state index in [9.17, 15) is 5.11 Å². The minimum Gasteiger partial charge on any atom is -0.388 e. The number of benzene rings is 2. The quantitative estimate of drug-likeness (QED) is 0.844. The van der Waals surface area contributed by atoms with E-state index in [2.05, 4.69) is 25.1 Å². The molecule has 0 heterocycles. The summed E-state index contributed by atoms with van der Waals surface area (Å²) < 4.78 is 0. The summed E-state index contributed by atoms with van der Waals surface area (Å²) in [6.07, 6.45) is 0.849. The van der Waals surface area contributed by atoms with Crippen LogP contribution in [0.25, 0.3) is 0 Å². The fourth-order valence-corrected chi connectivity index (χ4v) is 2.54. The molecule has 1 nitrogen and oxygen atoms in total. The summed E-state index contributed by atoms with van der Waals surface area (Å²) in [6, 6.07) is 13.6. The Hall–Kier alpha value is -1.02. The molecule has 100 valence electrons. The molecule has 1 atom stereocenters. The second kappa shape index (κ2) is 6.42. The van der Waals surface area contributed by atoms with Gasteiger partial charge >= 0.3 is 0 Å². The van der Waals surface area contributed by atoms with Crippen LogP contribution in [0.4, 0.5) is 0 Å². The molecule has 2 rings (SSSR count). The van der Waals surface area contributed by atoms with Gasteiger partial charge in [-0.15, -0.1) is 0 Å². The zero-order chi connectivity index (χ0) is 13.8. The monoisotopic (exact) mass is 294 g/mol. The lowest BCUT2D eigenvalue weighted by atomic mass is 10.0. The van der Waals surface area contributed by atoms with Crippen molar-refractivity contribution in [3.05, 3.63) is 69.2 Å². The Bertz CT molecular complexity index is 566. The van der Waals surface area contributed by atoms with E-state index >= 15 is 0 Å². The van der Waals surface area contributed by atoms with E-state index in [1.54, 1.807) is 12.1 Å². The molecule has 0 aliphatic heterocycles. The van der Waals surface area contributed by atoms with E-state index < -0.39 is 6.10 Å². The Kier molecular flexibility index (Phi) is 4.87. The van der Waals surface area contributed by atoms with Crippen LogP contribution in [0.5, 0.6) is 0 Å². The van der Waals surface area contributed by atoms with Crippen molar-refractivity contribution in [3.8, 4) is 0 Å². The molecule has 0 saturated heterocycles. The second-order valence-electron chi connectivity index (χ2n) is 4.69. The maximum absolute atomic E-state index is 10.2. The molecule has 3 heteroatoms. The molecule has 19 heavy (non-hydrogen) atoms. The molecule has 0 fully saturated rings. The highest BCUT2D eigenvalue weighted by Gasteiger charge is 2.13. The number of aliphatic hydroxyl groups is 1. The maximum Gasteiger partial charge on any atom is 0.0808 e. The van der Waals surface area contributed by atoms with Gasteiger partial charge in [0.1, 0.15) is 0 Å². The molecule has 0 aliphatic rings. The van der Waals surface area contributed by atoms with Crippen LogP contribution in [-0.2, 0) is 6.42 Å². The smallest absolute Gasteiger partial charge is 0.0808 e. The third kappa shape index (κ3) is 3.73. The van der Waals surface area contributed by atoms with Gasteiger partial charge in [0.05, 0.1) is 16.1 Å². The highest BCUT2D eigenvalue weighted by Crippen LogP contribution is 2.31. The van der Waals surface area contributed by atoms with E-state index in [1.807, 2.05) is 12.1 Å².